The summed E-state index contributed by atoms with van der Waals surface area (Å²) in [5.74, 6) is 1.86. The number of hydrogen-bond acceptors (Lipinski definition) is 2. The van der Waals surface area contributed by atoms with Crippen LogP contribution < -0.4 is 5.56 Å². The molecule has 0 bridgehead atoms. The van der Waals surface area contributed by atoms with E-state index in [2.05, 4.69) is 42.0 Å². The van der Waals surface area contributed by atoms with Crippen LogP contribution in [0.1, 0.15) is 43.9 Å². The predicted octanol–water partition coefficient (Wildman–Crippen LogP) is 3.51. The van der Waals surface area contributed by atoms with Gasteiger partial charge in [-0.1, -0.05) is 38.1 Å². The second kappa shape index (κ2) is 5.23. The van der Waals surface area contributed by atoms with E-state index in [9.17, 15) is 4.79 Å². The maximum atomic E-state index is 11.9. The van der Waals surface area contributed by atoms with Gasteiger partial charge in [0.05, 0.1) is 0 Å². The lowest BCUT2D eigenvalue weighted by atomic mass is 10.0. The lowest BCUT2D eigenvalue weighted by Crippen LogP contribution is -2.12. The number of aromatic nitrogens is 2. The summed E-state index contributed by atoms with van der Waals surface area (Å²) < 4.78 is 0. The highest BCUT2D eigenvalue weighted by molar-refractivity contribution is 5.62. The summed E-state index contributed by atoms with van der Waals surface area (Å²) in [7, 11) is 0. The van der Waals surface area contributed by atoms with Gasteiger partial charge in [-0.15, -0.1) is 0 Å². The molecular weight excluding hydrogens is 248 g/mol. The lowest BCUT2D eigenvalue weighted by molar-refractivity contribution is 0.633. The first kappa shape index (κ1) is 13.1. The molecule has 3 heteroatoms. The molecule has 0 spiro atoms. The molecule has 3 rings (SSSR count). The fourth-order valence-corrected chi connectivity index (χ4v) is 2.62. The lowest BCUT2D eigenvalue weighted by Gasteiger charge is -2.10. The van der Waals surface area contributed by atoms with Gasteiger partial charge in [-0.3, -0.25) is 4.79 Å². The SMILES string of the molecule is CC(C)Cc1cc(=O)[nH]c(-c2ccccc2C2CC2)n1. The summed E-state index contributed by atoms with van der Waals surface area (Å²) in [4.78, 5) is 19.4. The Labute approximate surface area is 119 Å². The van der Waals surface area contributed by atoms with Crippen molar-refractivity contribution in [1.29, 1.82) is 0 Å². The smallest absolute Gasteiger partial charge is 0.251 e. The van der Waals surface area contributed by atoms with Crippen LogP contribution in [0.2, 0.25) is 0 Å². The monoisotopic (exact) mass is 268 g/mol. The minimum atomic E-state index is -0.0590. The van der Waals surface area contributed by atoms with Crippen molar-refractivity contribution >= 4 is 0 Å². The van der Waals surface area contributed by atoms with E-state index in [0.717, 1.165) is 23.5 Å². The van der Waals surface area contributed by atoms with Gasteiger partial charge in [0.2, 0.25) is 0 Å². The molecule has 1 aliphatic rings. The summed E-state index contributed by atoms with van der Waals surface area (Å²) in [6.07, 6.45) is 3.32. The van der Waals surface area contributed by atoms with E-state index < -0.39 is 0 Å². The van der Waals surface area contributed by atoms with Crippen LogP contribution in [-0.2, 0) is 6.42 Å². The normalized spacial score (nSPS) is 14.8. The second-order valence-corrected chi connectivity index (χ2v) is 6.04. The molecule has 1 aliphatic carbocycles. The Morgan fingerprint density at radius 1 is 1.30 bits per heavy atom. The van der Waals surface area contributed by atoms with Gasteiger partial charge in [0.15, 0.2) is 0 Å². The molecule has 1 N–H and O–H groups in total. The molecule has 1 fully saturated rings. The summed E-state index contributed by atoms with van der Waals surface area (Å²) >= 11 is 0. The van der Waals surface area contributed by atoms with Gasteiger partial charge in [0.1, 0.15) is 5.82 Å². The molecule has 1 aromatic carbocycles. The largest absolute Gasteiger partial charge is 0.307 e. The fraction of sp³-hybridized carbons (Fsp3) is 0.412. The Kier molecular flexibility index (Phi) is 3.43. The third-order valence-electron chi connectivity index (χ3n) is 3.65. The highest BCUT2D eigenvalue weighted by Crippen LogP contribution is 2.43. The van der Waals surface area contributed by atoms with Gasteiger partial charge in [-0.2, -0.15) is 0 Å². The van der Waals surface area contributed by atoms with Gasteiger partial charge in [0, 0.05) is 17.3 Å². The van der Waals surface area contributed by atoms with Crippen LogP contribution in [0.4, 0.5) is 0 Å². The number of benzene rings is 1. The van der Waals surface area contributed by atoms with Crippen molar-refractivity contribution in [3.05, 3.63) is 51.9 Å². The highest BCUT2D eigenvalue weighted by Gasteiger charge is 2.26. The number of nitrogens with one attached hydrogen (secondary N) is 1. The van der Waals surface area contributed by atoms with Crippen molar-refractivity contribution < 1.29 is 0 Å². The van der Waals surface area contributed by atoms with Crippen LogP contribution in [-0.4, -0.2) is 9.97 Å². The number of rotatable bonds is 4. The van der Waals surface area contributed by atoms with Crippen LogP contribution in [0.5, 0.6) is 0 Å². The van der Waals surface area contributed by atoms with E-state index >= 15 is 0 Å². The summed E-state index contributed by atoms with van der Waals surface area (Å²) in [6, 6.07) is 9.90. The number of H-pyrrole nitrogens is 1. The van der Waals surface area contributed by atoms with E-state index in [1.165, 1.54) is 18.4 Å². The molecule has 1 saturated carbocycles. The number of aromatic amines is 1. The summed E-state index contributed by atoms with van der Waals surface area (Å²) in [5.41, 5.74) is 3.22. The van der Waals surface area contributed by atoms with Crippen molar-refractivity contribution in [1.82, 2.24) is 9.97 Å². The molecule has 104 valence electrons. The van der Waals surface area contributed by atoms with Crippen LogP contribution in [0, 0.1) is 5.92 Å². The third-order valence-corrected chi connectivity index (χ3v) is 3.65. The van der Waals surface area contributed by atoms with Gasteiger partial charge >= 0.3 is 0 Å². The molecule has 20 heavy (non-hydrogen) atoms. The Morgan fingerprint density at radius 2 is 2.05 bits per heavy atom. The standard InChI is InChI=1S/C17H20N2O/c1-11(2)9-13-10-16(20)19-17(18-13)15-6-4-3-5-14(15)12-7-8-12/h3-6,10-12H,7-9H2,1-2H3,(H,18,19,20). The first-order chi connectivity index (χ1) is 9.63. The zero-order valence-corrected chi connectivity index (χ0v) is 12.0. The maximum absolute atomic E-state index is 11.9. The van der Waals surface area contributed by atoms with Gasteiger partial charge in [-0.05, 0) is 36.7 Å². The van der Waals surface area contributed by atoms with E-state index in [1.807, 2.05) is 6.07 Å². The minimum absolute atomic E-state index is 0.0590. The Hall–Kier alpha value is -1.90. The zero-order valence-electron chi connectivity index (χ0n) is 12.0. The maximum Gasteiger partial charge on any atom is 0.251 e. The molecule has 0 amide bonds. The van der Waals surface area contributed by atoms with Gasteiger partial charge in [-0.25, -0.2) is 4.98 Å². The average molecular weight is 268 g/mol. The molecule has 1 heterocycles. The van der Waals surface area contributed by atoms with E-state index in [-0.39, 0.29) is 5.56 Å². The number of nitrogens with zero attached hydrogens (tertiary/aromatic N) is 1. The molecule has 0 saturated heterocycles. The molecule has 3 nitrogen and oxygen atoms in total. The first-order valence-electron chi connectivity index (χ1n) is 7.33. The van der Waals surface area contributed by atoms with Crippen molar-refractivity contribution in [2.24, 2.45) is 5.92 Å². The second-order valence-electron chi connectivity index (χ2n) is 6.04. The molecule has 0 atom stereocenters. The molecule has 0 radical (unpaired) electrons. The van der Waals surface area contributed by atoms with Crippen molar-refractivity contribution in [3.8, 4) is 11.4 Å². The van der Waals surface area contributed by atoms with Crippen LogP contribution in [0.15, 0.2) is 35.1 Å². The molecule has 0 unspecified atom stereocenters. The minimum Gasteiger partial charge on any atom is -0.307 e. The van der Waals surface area contributed by atoms with Crippen molar-refractivity contribution in [2.45, 2.75) is 39.0 Å². The third kappa shape index (κ3) is 2.82. The molecular formula is C17H20N2O. The van der Waals surface area contributed by atoms with Gasteiger partial charge < -0.3 is 4.98 Å². The van der Waals surface area contributed by atoms with E-state index in [1.54, 1.807) is 6.07 Å². The van der Waals surface area contributed by atoms with Crippen LogP contribution in [0.25, 0.3) is 11.4 Å². The van der Waals surface area contributed by atoms with Gasteiger partial charge in [0.25, 0.3) is 5.56 Å². The molecule has 1 aromatic heterocycles. The highest BCUT2D eigenvalue weighted by atomic mass is 16.1. The quantitative estimate of drug-likeness (QED) is 0.922. The van der Waals surface area contributed by atoms with Crippen LogP contribution >= 0.6 is 0 Å². The molecule has 2 aromatic rings. The fourth-order valence-electron chi connectivity index (χ4n) is 2.62. The topological polar surface area (TPSA) is 45.8 Å². The van der Waals surface area contributed by atoms with Crippen molar-refractivity contribution in [3.63, 3.8) is 0 Å². The summed E-state index contributed by atoms with van der Waals surface area (Å²) in [6.45, 7) is 4.28. The summed E-state index contributed by atoms with van der Waals surface area (Å²) in [5, 5.41) is 0. The Morgan fingerprint density at radius 3 is 2.75 bits per heavy atom. The Bertz CT molecular complexity index is 669. The van der Waals surface area contributed by atoms with Crippen molar-refractivity contribution in [2.75, 3.05) is 0 Å². The average Bonchev–Trinajstić information content (AvgIpc) is 3.21. The first-order valence-corrected chi connectivity index (χ1v) is 7.33. The van der Waals surface area contributed by atoms with E-state index in [0.29, 0.717) is 11.8 Å². The Balaban J connectivity index is 2.05. The van der Waals surface area contributed by atoms with Crippen LogP contribution in [0.3, 0.4) is 0 Å². The number of hydrogen-bond donors (Lipinski definition) is 1. The molecule has 0 aliphatic heterocycles. The predicted molar refractivity (Wildman–Crippen MR) is 80.8 cm³/mol. The zero-order chi connectivity index (χ0) is 14.1. The van der Waals surface area contributed by atoms with E-state index in [4.69, 9.17) is 0 Å².